The van der Waals surface area contributed by atoms with E-state index in [1.807, 2.05) is 4.90 Å². The molecule has 0 aromatic carbocycles. The number of amides is 1. The average Bonchev–Trinajstić information content (AvgIpc) is 3.07. The zero-order valence-corrected chi connectivity index (χ0v) is 14.1. The Hall–Kier alpha value is -0.420. The Morgan fingerprint density at radius 2 is 1.86 bits per heavy atom. The van der Waals surface area contributed by atoms with Crippen LogP contribution in [0.4, 0.5) is 5.82 Å². The van der Waals surface area contributed by atoms with Gasteiger partial charge in [-0.2, -0.15) is 0 Å². The zero-order valence-electron chi connectivity index (χ0n) is 11.0. The number of halogens is 4. The van der Waals surface area contributed by atoms with Crippen LogP contribution >= 0.6 is 46.4 Å². The van der Waals surface area contributed by atoms with Crippen molar-refractivity contribution in [1.82, 2.24) is 9.88 Å². The molecule has 21 heavy (non-hydrogen) atoms. The van der Waals surface area contributed by atoms with Crippen molar-refractivity contribution in [2.45, 2.75) is 10.8 Å². The number of hydrogen-bond donors (Lipinski definition) is 0. The molecular weight excluding hydrogens is 356 g/mol. The van der Waals surface area contributed by atoms with Crippen LogP contribution in [0.5, 0.6) is 0 Å². The fraction of sp³-hybridized carbons (Fsp3) is 0.538. The molecule has 8 heteroatoms. The van der Waals surface area contributed by atoms with Gasteiger partial charge >= 0.3 is 0 Å². The molecule has 1 unspecified atom stereocenters. The standard InChI is InChI=1S/C13H13Cl4N3O/c14-8-5-10(15)11(18-7-8)19-1-3-20(4-2-19)12(21)9-6-13(9,16)17/h5,7,9H,1-4,6H2. The first-order valence-corrected chi connectivity index (χ1v) is 8.12. The van der Waals surface area contributed by atoms with Crippen LogP contribution in [0.15, 0.2) is 12.3 Å². The van der Waals surface area contributed by atoms with Gasteiger partial charge in [0.15, 0.2) is 0 Å². The summed E-state index contributed by atoms with van der Waals surface area (Å²) in [6, 6.07) is 1.67. The van der Waals surface area contributed by atoms with E-state index in [0.29, 0.717) is 48.5 Å². The van der Waals surface area contributed by atoms with Crippen LogP contribution in [0, 0.1) is 5.92 Å². The van der Waals surface area contributed by atoms with E-state index < -0.39 is 4.33 Å². The highest BCUT2D eigenvalue weighted by atomic mass is 35.5. The minimum atomic E-state index is -0.866. The van der Waals surface area contributed by atoms with Crippen LogP contribution in [-0.2, 0) is 4.79 Å². The number of carbonyl (C=O) groups excluding carboxylic acids is 1. The lowest BCUT2D eigenvalue weighted by Crippen LogP contribution is -2.49. The highest BCUT2D eigenvalue weighted by Gasteiger charge is 2.57. The van der Waals surface area contributed by atoms with Crippen LogP contribution in [0.25, 0.3) is 0 Å². The Morgan fingerprint density at radius 1 is 1.24 bits per heavy atom. The summed E-state index contributed by atoms with van der Waals surface area (Å²) < 4.78 is -0.866. The molecule has 3 rings (SSSR count). The molecule has 2 heterocycles. The van der Waals surface area contributed by atoms with Crippen molar-refractivity contribution in [2.24, 2.45) is 5.92 Å². The topological polar surface area (TPSA) is 36.4 Å². The van der Waals surface area contributed by atoms with Crippen LogP contribution in [-0.4, -0.2) is 46.3 Å². The summed E-state index contributed by atoms with van der Waals surface area (Å²) in [5.41, 5.74) is 0. The largest absolute Gasteiger partial charge is 0.352 e. The molecule has 0 spiro atoms. The van der Waals surface area contributed by atoms with Crippen LogP contribution in [0.1, 0.15) is 6.42 Å². The molecule has 1 saturated heterocycles. The second-order valence-electron chi connectivity index (χ2n) is 5.29. The van der Waals surface area contributed by atoms with E-state index in [-0.39, 0.29) is 11.8 Å². The van der Waals surface area contributed by atoms with Gasteiger partial charge in [0.2, 0.25) is 5.91 Å². The molecule has 1 aliphatic carbocycles. The quantitative estimate of drug-likeness (QED) is 0.752. The maximum absolute atomic E-state index is 12.2. The molecule has 4 nitrogen and oxygen atoms in total. The molecular formula is C13H13Cl4N3O. The third kappa shape index (κ3) is 3.19. The Balaban J connectivity index is 1.61. The maximum Gasteiger partial charge on any atom is 0.228 e. The minimum Gasteiger partial charge on any atom is -0.352 e. The van der Waals surface area contributed by atoms with Gasteiger partial charge in [-0.1, -0.05) is 23.2 Å². The normalized spacial score (nSPS) is 24.1. The van der Waals surface area contributed by atoms with Gasteiger partial charge in [0.25, 0.3) is 0 Å². The highest BCUT2D eigenvalue weighted by Crippen LogP contribution is 2.53. The first kappa shape index (κ1) is 15.5. The van der Waals surface area contributed by atoms with E-state index in [1.54, 1.807) is 17.2 Å². The SMILES string of the molecule is O=C(C1CC1(Cl)Cl)N1CCN(c2ncc(Cl)cc2Cl)CC1. The third-order valence-electron chi connectivity index (χ3n) is 3.80. The zero-order chi connectivity index (χ0) is 15.2. The lowest BCUT2D eigenvalue weighted by molar-refractivity contribution is -0.132. The predicted octanol–water partition coefficient (Wildman–Crippen LogP) is 3.23. The number of anilines is 1. The highest BCUT2D eigenvalue weighted by molar-refractivity contribution is 6.52. The fourth-order valence-corrected chi connectivity index (χ4v) is 3.48. The van der Waals surface area contributed by atoms with Gasteiger partial charge in [0.05, 0.1) is 16.0 Å². The monoisotopic (exact) mass is 367 g/mol. The van der Waals surface area contributed by atoms with Crippen molar-refractivity contribution in [3.05, 3.63) is 22.3 Å². The Bertz CT molecular complexity index is 573. The summed E-state index contributed by atoms with van der Waals surface area (Å²) in [6.45, 7) is 2.56. The van der Waals surface area contributed by atoms with E-state index >= 15 is 0 Å². The number of rotatable bonds is 2. The van der Waals surface area contributed by atoms with Gasteiger partial charge in [-0.05, 0) is 12.5 Å². The van der Waals surface area contributed by atoms with Crippen molar-refractivity contribution in [2.75, 3.05) is 31.1 Å². The molecule has 0 radical (unpaired) electrons. The van der Waals surface area contributed by atoms with Crippen molar-refractivity contribution in [3.63, 3.8) is 0 Å². The lowest BCUT2D eigenvalue weighted by atomic mass is 10.2. The minimum absolute atomic E-state index is 0.0369. The predicted molar refractivity (Wildman–Crippen MR) is 85.6 cm³/mol. The van der Waals surface area contributed by atoms with Crippen LogP contribution < -0.4 is 4.90 Å². The smallest absolute Gasteiger partial charge is 0.228 e. The molecule has 0 N–H and O–H groups in total. The van der Waals surface area contributed by atoms with Gasteiger partial charge < -0.3 is 9.80 Å². The van der Waals surface area contributed by atoms with E-state index in [4.69, 9.17) is 46.4 Å². The molecule has 2 aliphatic rings. The molecule has 2 fully saturated rings. The van der Waals surface area contributed by atoms with E-state index in [1.165, 1.54) is 0 Å². The molecule has 0 bridgehead atoms. The molecule has 1 aromatic rings. The molecule has 1 amide bonds. The number of nitrogens with zero attached hydrogens (tertiary/aromatic N) is 3. The van der Waals surface area contributed by atoms with Crippen molar-refractivity contribution >= 4 is 58.1 Å². The van der Waals surface area contributed by atoms with Crippen molar-refractivity contribution in [1.29, 1.82) is 0 Å². The van der Waals surface area contributed by atoms with E-state index in [0.717, 1.165) is 0 Å². The maximum atomic E-state index is 12.2. The van der Waals surface area contributed by atoms with E-state index in [2.05, 4.69) is 4.98 Å². The summed E-state index contributed by atoms with van der Waals surface area (Å²) in [4.78, 5) is 20.3. The second kappa shape index (κ2) is 5.65. The average molecular weight is 369 g/mol. The van der Waals surface area contributed by atoms with Gasteiger partial charge in [-0.15, -0.1) is 23.2 Å². The number of pyridine rings is 1. The van der Waals surface area contributed by atoms with Gasteiger partial charge in [-0.25, -0.2) is 4.98 Å². The van der Waals surface area contributed by atoms with E-state index in [9.17, 15) is 4.79 Å². The molecule has 1 aliphatic heterocycles. The second-order valence-corrected chi connectivity index (χ2v) is 7.68. The van der Waals surface area contributed by atoms with Crippen molar-refractivity contribution in [3.8, 4) is 0 Å². The number of aromatic nitrogens is 1. The molecule has 1 atom stereocenters. The molecule has 1 aromatic heterocycles. The van der Waals surface area contributed by atoms with Crippen LogP contribution in [0.2, 0.25) is 10.0 Å². The summed E-state index contributed by atoms with van der Waals surface area (Å²) in [7, 11) is 0. The number of piperazine rings is 1. The fourth-order valence-electron chi connectivity index (χ4n) is 2.48. The van der Waals surface area contributed by atoms with Gasteiger partial charge in [0, 0.05) is 32.4 Å². The summed E-state index contributed by atoms with van der Waals surface area (Å²) >= 11 is 23.9. The molecule has 114 valence electrons. The van der Waals surface area contributed by atoms with Gasteiger partial charge in [0.1, 0.15) is 10.2 Å². The Morgan fingerprint density at radius 3 is 2.38 bits per heavy atom. The number of carbonyl (C=O) groups is 1. The number of alkyl halides is 2. The summed E-state index contributed by atoms with van der Waals surface area (Å²) in [6.07, 6.45) is 2.11. The Labute approximate surface area is 142 Å². The van der Waals surface area contributed by atoms with Crippen molar-refractivity contribution < 1.29 is 4.79 Å². The summed E-state index contributed by atoms with van der Waals surface area (Å²) in [5, 5.41) is 1.02. The van der Waals surface area contributed by atoms with Gasteiger partial charge in [-0.3, -0.25) is 4.79 Å². The third-order valence-corrected chi connectivity index (χ3v) is 5.12. The summed E-state index contributed by atoms with van der Waals surface area (Å²) in [5.74, 6) is 0.475. The number of hydrogen-bond acceptors (Lipinski definition) is 3. The first-order chi connectivity index (χ1) is 9.88. The first-order valence-electron chi connectivity index (χ1n) is 6.61. The van der Waals surface area contributed by atoms with Crippen LogP contribution in [0.3, 0.4) is 0 Å². The Kier molecular flexibility index (Phi) is 4.17. The molecule has 1 saturated carbocycles. The lowest BCUT2D eigenvalue weighted by Gasteiger charge is -2.36.